The van der Waals surface area contributed by atoms with Crippen molar-refractivity contribution in [2.45, 2.75) is 16.8 Å². The molecule has 6 nitrogen and oxygen atoms in total. The molecule has 0 N–H and O–H groups in total. The van der Waals surface area contributed by atoms with Gasteiger partial charge in [-0.25, -0.2) is 12.8 Å². The first-order valence-electron chi connectivity index (χ1n) is 11.2. The van der Waals surface area contributed by atoms with Gasteiger partial charge in [-0.3, -0.25) is 0 Å². The highest BCUT2D eigenvalue weighted by molar-refractivity contribution is 7.91. The lowest BCUT2D eigenvalue weighted by Gasteiger charge is -2.36. The minimum absolute atomic E-state index is 0.0400. The molecule has 0 saturated carbocycles. The van der Waals surface area contributed by atoms with Crippen LogP contribution in [0.3, 0.4) is 0 Å². The second-order valence-electron chi connectivity index (χ2n) is 8.41. The number of hydrogen-bond donors (Lipinski definition) is 0. The van der Waals surface area contributed by atoms with Crippen LogP contribution in [0, 0.1) is 12.7 Å². The Labute approximate surface area is 208 Å². The van der Waals surface area contributed by atoms with Gasteiger partial charge in [0.05, 0.1) is 4.90 Å². The number of nitrogens with zero attached hydrogens (tertiary/aromatic N) is 3. The summed E-state index contributed by atoms with van der Waals surface area (Å²) in [5.74, 6) is -0.0971. The van der Waals surface area contributed by atoms with Crippen molar-refractivity contribution in [3.63, 3.8) is 0 Å². The molecule has 35 heavy (non-hydrogen) atoms. The molecule has 0 spiro atoms. The van der Waals surface area contributed by atoms with E-state index in [1.54, 1.807) is 0 Å². The second kappa shape index (κ2) is 9.36. The molecule has 180 valence electrons. The van der Waals surface area contributed by atoms with Crippen LogP contribution in [0.15, 0.2) is 87.1 Å². The maximum atomic E-state index is 13.5. The lowest BCUT2D eigenvalue weighted by molar-refractivity contribution is 0.525. The summed E-state index contributed by atoms with van der Waals surface area (Å²) in [6.07, 6.45) is 0. The molecule has 1 aromatic heterocycles. The molecule has 1 aliphatic rings. The zero-order valence-electron chi connectivity index (χ0n) is 19.0. The van der Waals surface area contributed by atoms with Crippen LogP contribution in [0.2, 0.25) is 5.02 Å². The molecule has 0 radical (unpaired) electrons. The zero-order valence-corrected chi connectivity index (χ0v) is 20.6. The summed E-state index contributed by atoms with van der Waals surface area (Å²) in [5.41, 5.74) is 2.69. The number of hydrogen-bond acceptors (Lipinski definition) is 6. The Morgan fingerprint density at radius 2 is 1.60 bits per heavy atom. The number of rotatable bonds is 5. The van der Waals surface area contributed by atoms with Crippen molar-refractivity contribution in [3.05, 3.63) is 89.2 Å². The Balaban J connectivity index is 1.51. The molecule has 0 amide bonds. The lowest BCUT2D eigenvalue weighted by Crippen LogP contribution is -2.46. The number of anilines is 2. The molecule has 9 heteroatoms. The average Bonchev–Trinajstić information content (AvgIpc) is 3.31. The lowest BCUT2D eigenvalue weighted by atomic mass is 10.1. The maximum Gasteiger partial charge on any atom is 0.236 e. The van der Waals surface area contributed by atoms with Crippen molar-refractivity contribution >= 4 is 33.0 Å². The Bertz CT molecular complexity index is 1460. The van der Waals surface area contributed by atoms with Crippen LogP contribution in [0.4, 0.5) is 16.0 Å². The second-order valence-corrected chi connectivity index (χ2v) is 10.7. The quantitative estimate of drug-likeness (QED) is 0.325. The molecule has 3 aromatic carbocycles. The highest BCUT2D eigenvalue weighted by atomic mass is 35.5. The molecule has 1 saturated heterocycles. The summed E-state index contributed by atoms with van der Waals surface area (Å²) in [5, 5.41) is 0.493. The Morgan fingerprint density at radius 1 is 0.914 bits per heavy atom. The highest BCUT2D eigenvalue weighted by Crippen LogP contribution is 2.36. The third-order valence-electron chi connectivity index (χ3n) is 5.96. The Kier molecular flexibility index (Phi) is 6.25. The first kappa shape index (κ1) is 23.4. The number of aromatic nitrogens is 1. The van der Waals surface area contributed by atoms with Crippen LogP contribution in [0.1, 0.15) is 5.56 Å². The van der Waals surface area contributed by atoms with Crippen molar-refractivity contribution in [2.24, 2.45) is 0 Å². The third kappa shape index (κ3) is 4.76. The van der Waals surface area contributed by atoms with E-state index in [1.807, 2.05) is 60.4 Å². The normalized spacial score (nSPS) is 14.4. The molecular weight excluding hydrogens is 489 g/mol. The molecule has 0 bridgehead atoms. The van der Waals surface area contributed by atoms with E-state index in [1.165, 1.54) is 12.1 Å². The fraction of sp³-hybridized carbons (Fsp3) is 0.192. The van der Waals surface area contributed by atoms with Gasteiger partial charge in [-0.1, -0.05) is 35.4 Å². The highest BCUT2D eigenvalue weighted by Gasteiger charge is 2.33. The smallest absolute Gasteiger partial charge is 0.236 e. The van der Waals surface area contributed by atoms with Crippen molar-refractivity contribution in [1.82, 2.24) is 4.98 Å². The standard InChI is InChI=1S/C26H23ClFN3O3S/c1-18-4-2-5-19(16-18)24-29-25(35(32,33)23-10-8-21(28)9-11-23)26(34-24)31-14-12-30(13-15-31)22-7-3-6-20(27)17-22/h2-11,16-17H,12-15H2,1H3. The van der Waals surface area contributed by atoms with Gasteiger partial charge in [-0.15, -0.1) is 0 Å². The summed E-state index contributed by atoms with van der Waals surface area (Å²) in [7, 11) is -4.05. The molecule has 2 heterocycles. The first-order chi connectivity index (χ1) is 16.8. The first-order valence-corrected chi connectivity index (χ1v) is 13.0. The van der Waals surface area contributed by atoms with E-state index in [-0.39, 0.29) is 21.7 Å². The van der Waals surface area contributed by atoms with E-state index in [4.69, 9.17) is 16.0 Å². The number of benzene rings is 3. The van der Waals surface area contributed by atoms with Crippen LogP contribution >= 0.6 is 11.6 Å². The minimum Gasteiger partial charge on any atom is -0.419 e. The third-order valence-corrected chi connectivity index (χ3v) is 7.87. The van der Waals surface area contributed by atoms with E-state index in [0.29, 0.717) is 36.8 Å². The maximum absolute atomic E-state index is 13.5. The molecule has 5 rings (SSSR count). The van der Waals surface area contributed by atoms with Crippen molar-refractivity contribution in [1.29, 1.82) is 0 Å². The van der Waals surface area contributed by atoms with Gasteiger partial charge in [-0.2, -0.15) is 4.98 Å². The molecule has 0 unspecified atom stereocenters. The van der Waals surface area contributed by atoms with Crippen molar-refractivity contribution in [3.8, 4) is 11.5 Å². The SMILES string of the molecule is Cc1cccc(-c2nc(S(=O)(=O)c3ccc(F)cc3)c(N3CCN(c4cccc(Cl)c4)CC3)o2)c1. The molecule has 1 aliphatic heterocycles. The fourth-order valence-corrected chi connectivity index (χ4v) is 5.65. The molecule has 1 fully saturated rings. The average molecular weight is 512 g/mol. The van der Waals surface area contributed by atoms with Crippen LogP contribution in [0.5, 0.6) is 0 Å². The monoisotopic (exact) mass is 511 g/mol. The van der Waals surface area contributed by atoms with Crippen molar-refractivity contribution < 1.29 is 17.2 Å². The Morgan fingerprint density at radius 3 is 2.29 bits per heavy atom. The van der Waals surface area contributed by atoms with E-state index in [9.17, 15) is 12.8 Å². The van der Waals surface area contributed by atoms with Gasteiger partial charge < -0.3 is 14.2 Å². The number of halogens is 2. The van der Waals surface area contributed by atoms with Gasteiger partial charge in [0.1, 0.15) is 5.82 Å². The molecule has 4 aromatic rings. The van der Waals surface area contributed by atoms with Gasteiger partial charge in [0.15, 0.2) is 0 Å². The summed E-state index contributed by atoms with van der Waals surface area (Å²) in [6.45, 7) is 4.30. The number of aryl methyl sites for hydroxylation is 1. The van der Waals surface area contributed by atoms with Crippen molar-refractivity contribution in [2.75, 3.05) is 36.0 Å². The molecular formula is C26H23ClFN3O3S. The van der Waals surface area contributed by atoms with Crippen LogP contribution in [0.25, 0.3) is 11.5 Å². The molecule has 0 aliphatic carbocycles. The van der Waals surface area contributed by atoms with Gasteiger partial charge >= 0.3 is 0 Å². The van der Waals surface area contributed by atoms with E-state index >= 15 is 0 Å². The summed E-state index contributed by atoms with van der Waals surface area (Å²) in [4.78, 5) is 8.48. The number of piperazine rings is 1. The predicted molar refractivity (Wildman–Crippen MR) is 134 cm³/mol. The van der Waals surface area contributed by atoms with Gasteiger partial charge in [0, 0.05) is 42.5 Å². The topological polar surface area (TPSA) is 66.7 Å². The fourth-order valence-electron chi connectivity index (χ4n) is 4.14. The van der Waals surface area contributed by atoms with Gasteiger partial charge in [-0.05, 0) is 61.5 Å². The number of oxazole rings is 1. The summed E-state index contributed by atoms with van der Waals surface area (Å²) >= 11 is 6.15. The van der Waals surface area contributed by atoms with E-state index < -0.39 is 15.7 Å². The Hall–Kier alpha value is -3.36. The summed E-state index contributed by atoms with van der Waals surface area (Å²) < 4.78 is 46.7. The van der Waals surface area contributed by atoms with E-state index in [2.05, 4.69) is 9.88 Å². The predicted octanol–water partition coefficient (Wildman–Crippen LogP) is 5.60. The number of sulfone groups is 1. The molecule has 0 atom stereocenters. The van der Waals surface area contributed by atoms with Gasteiger partial charge in [0.25, 0.3) is 0 Å². The van der Waals surface area contributed by atoms with Crippen LogP contribution < -0.4 is 9.80 Å². The summed E-state index contributed by atoms with van der Waals surface area (Å²) in [6, 6.07) is 19.9. The minimum atomic E-state index is -4.05. The largest absolute Gasteiger partial charge is 0.419 e. The van der Waals surface area contributed by atoms with Gasteiger partial charge in [0.2, 0.25) is 26.6 Å². The zero-order chi connectivity index (χ0) is 24.6. The van der Waals surface area contributed by atoms with Crippen LogP contribution in [-0.2, 0) is 9.84 Å². The van der Waals surface area contributed by atoms with E-state index in [0.717, 1.165) is 23.4 Å². The van der Waals surface area contributed by atoms with Crippen LogP contribution in [-0.4, -0.2) is 39.6 Å².